The predicted molar refractivity (Wildman–Crippen MR) is 88.4 cm³/mol. The molecule has 0 bridgehead atoms. The summed E-state index contributed by atoms with van der Waals surface area (Å²) in [4.78, 5) is 27.7. The van der Waals surface area contributed by atoms with Crippen molar-refractivity contribution in [1.82, 2.24) is 4.90 Å². The SMILES string of the molecule is O=C(O)[C@H]1CC[C@@H](C(=O)N(Cc2cccs2)Cc2cccs2)O1. The van der Waals surface area contributed by atoms with Gasteiger partial charge in [-0.3, -0.25) is 4.79 Å². The maximum Gasteiger partial charge on any atom is 0.332 e. The van der Waals surface area contributed by atoms with E-state index in [0.29, 0.717) is 25.9 Å². The average Bonchev–Trinajstić information content (AvgIpc) is 3.28. The molecule has 2 atom stereocenters. The number of hydrogen-bond acceptors (Lipinski definition) is 5. The van der Waals surface area contributed by atoms with Crippen molar-refractivity contribution < 1.29 is 19.4 Å². The van der Waals surface area contributed by atoms with Gasteiger partial charge in [0, 0.05) is 9.75 Å². The van der Waals surface area contributed by atoms with Crippen LogP contribution in [0.3, 0.4) is 0 Å². The number of carbonyl (C=O) groups excluding carboxylic acids is 1. The Morgan fingerprint density at radius 2 is 1.65 bits per heavy atom. The third-order valence-electron chi connectivity index (χ3n) is 3.74. The molecule has 2 aromatic heterocycles. The lowest BCUT2D eigenvalue weighted by Crippen LogP contribution is -2.38. The summed E-state index contributed by atoms with van der Waals surface area (Å²) in [5.74, 6) is -1.13. The number of carboxylic acid groups (broad SMARTS) is 1. The van der Waals surface area contributed by atoms with Gasteiger partial charge in [-0.1, -0.05) is 12.1 Å². The molecule has 0 aliphatic carbocycles. The van der Waals surface area contributed by atoms with Crippen molar-refractivity contribution in [2.45, 2.75) is 38.1 Å². The van der Waals surface area contributed by atoms with Crippen LogP contribution in [0, 0.1) is 0 Å². The van der Waals surface area contributed by atoms with Crippen LogP contribution in [-0.4, -0.2) is 34.1 Å². The van der Waals surface area contributed by atoms with E-state index in [9.17, 15) is 9.59 Å². The molecule has 1 N–H and O–H groups in total. The maximum atomic E-state index is 12.8. The minimum absolute atomic E-state index is 0.129. The summed E-state index contributed by atoms with van der Waals surface area (Å²) < 4.78 is 5.42. The first-order valence-corrected chi connectivity index (χ1v) is 9.11. The first kappa shape index (κ1) is 16.2. The van der Waals surface area contributed by atoms with Crippen molar-refractivity contribution >= 4 is 34.6 Å². The van der Waals surface area contributed by atoms with Gasteiger partial charge in [0.1, 0.15) is 6.10 Å². The van der Waals surface area contributed by atoms with Crippen LogP contribution in [0.25, 0.3) is 0 Å². The largest absolute Gasteiger partial charge is 0.479 e. The van der Waals surface area contributed by atoms with Crippen LogP contribution in [0.5, 0.6) is 0 Å². The molecular weight excluding hydrogens is 334 g/mol. The van der Waals surface area contributed by atoms with Gasteiger partial charge in [-0.25, -0.2) is 4.79 Å². The second-order valence-electron chi connectivity index (χ2n) is 5.38. The summed E-state index contributed by atoms with van der Waals surface area (Å²) in [6, 6.07) is 7.91. The number of hydrogen-bond donors (Lipinski definition) is 1. The molecule has 0 aromatic carbocycles. The fourth-order valence-corrected chi connectivity index (χ4v) is 4.04. The first-order chi connectivity index (χ1) is 11.1. The molecule has 7 heteroatoms. The van der Waals surface area contributed by atoms with E-state index in [2.05, 4.69) is 0 Å². The molecular formula is C16H17NO4S2. The van der Waals surface area contributed by atoms with Crippen LogP contribution in [-0.2, 0) is 27.4 Å². The molecule has 0 unspecified atom stereocenters. The molecule has 1 aliphatic rings. The normalized spacial score (nSPS) is 20.5. The van der Waals surface area contributed by atoms with Gasteiger partial charge in [-0.15, -0.1) is 22.7 Å². The van der Waals surface area contributed by atoms with E-state index in [1.807, 2.05) is 35.0 Å². The van der Waals surface area contributed by atoms with E-state index in [1.54, 1.807) is 27.6 Å². The smallest absolute Gasteiger partial charge is 0.332 e. The summed E-state index contributed by atoms with van der Waals surface area (Å²) in [5.41, 5.74) is 0. The Morgan fingerprint density at radius 1 is 1.09 bits per heavy atom. The molecule has 23 heavy (non-hydrogen) atoms. The zero-order valence-electron chi connectivity index (χ0n) is 12.4. The highest BCUT2D eigenvalue weighted by molar-refractivity contribution is 7.10. The van der Waals surface area contributed by atoms with E-state index < -0.39 is 18.2 Å². The standard InChI is InChI=1S/C16H17NO4S2/c18-15(13-5-6-14(21-13)16(19)20)17(9-11-3-1-7-22-11)10-12-4-2-8-23-12/h1-4,7-8,13-14H,5-6,9-10H2,(H,19,20)/t13-,14+/m0/s1. The van der Waals surface area contributed by atoms with Crippen molar-refractivity contribution in [2.24, 2.45) is 0 Å². The Hall–Kier alpha value is -1.70. The summed E-state index contributed by atoms with van der Waals surface area (Å²) in [7, 11) is 0. The van der Waals surface area contributed by atoms with Crippen molar-refractivity contribution in [3.63, 3.8) is 0 Å². The van der Waals surface area contributed by atoms with Gasteiger partial charge >= 0.3 is 5.97 Å². The molecule has 3 heterocycles. The second-order valence-corrected chi connectivity index (χ2v) is 7.45. The zero-order chi connectivity index (χ0) is 16.2. The molecule has 1 aliphatic heterocycles. The van der Waals surface area contributed by atoms with Crippen molar-refractivity contribution in [2.75, 3.05) is 0 Å². The second kappa shape index (κ2) is 7.25. The number of carboxylic acids is 1. The lowest BCUT2D eigenvalue weighted by Gasteiger charge is -2.24. The lowest BCUT2D eigenvalue weighted by atomic mass is 10.1. The number of nitrogens with zero attached hydrogens (tertiary/aromatic N) is 1. The fraction of sp³-hybridized carbons (Fsp3) is 0.375. The number of carbonyl (C=O) groups is 2. The van der Waals surface area contributed by atoms with E-state index in [0.717, 1.165) is 9.75 Å². The predicted octanol–water partition coefficient (Wildman–Crippen LogP) is 2.97. The first-order valence-electron chi connectivity index (χ1n) is 7.35. The monoisotopic (exact) mass is 351 g/mol. The number of ether oxygens (including phenoxy) is 1. The molecule has 1 amide bonds. The molecule has 1 saturated heterocycles. The van der Waals surface area contributed by atoms with Gasteiger partial charge in [-0.2, -0.15) is 0 Å². The fourth-order valence-electron chi connectivity index (χ4n) is 2.60. The zero-order valence-corrected chi connectivity index (χ0v) is 14.0. The van der Waals surface area contributed by atoms with Crippen LogP contribution in [0.4, 0.5) is 0 Å². The van der Waals surface area contributed by atoms with Crippen LogP contribution in [0.2, 0.25) is 0 Å². The highest BCUT2D eigenvalue weighted by Gasteiger charge is 2.37. The Morgan fingerprint density at radius 3 is 2.09 bits per heavy atom. The van der Waals surface area contributed by atoms with Gasteiger partial charge < -0.3 is 14.7 Å². The molecule has 0 spiro atoms. The van der Waals surface area contributed by atoms with Crippen molar-refractivity contribution in [3.8, 4) is 0 Å². The number of thiophene rings is 2. The summed E-state index contributed by atoms with van der Waals surface area (Å²) in [6.07, 6.45) is -0.677. The Balaban J connectivity index is 1.71. The third kappa shape index (κ3) is 3.99. The van der Waals surface area contributed by atoms with Gasteiger partial charge in [0.15, 0.2) is 6.10 Å². The van der Waals surface area contributed by atoms with Gasteiger partial charge in [-0.05, 0) is 35.7 Å². The van der Waals surface area contributed by atoms with E-state index in [-0.39, 0.29) is 5.91 Å². The lowest BCUT2D eigenvalue weighted by molar-refractivity contribution is -0.155. The summed E-state index contributed by atoms with van der Waals surface area (Å²) in [5, 5.41) is 13.0. The van der Waals surface area contributed by atoms with Crippen LogP contribution >= 0.6 is 22.7 Å². The maximum absolute atomic E-state index is 12.8. The Bertz CT molecular complexity index is 617. The van der Waals surface area contributed by atoms with Crippen LogP contribution in [0.15, 0.2) is 35.0 Å². The van der Waals surface area contributed by atoms with E-state index >= 15 is 0 Å². The molecule has 0 saturated carbocycles. The molecule has 2 aromatic rings. The minimum atomic E-state index is -0.997. The molecule has 0 radical (unpaired) electrons. The number of rotatable bonds is 6. The topological polar surface area (TPSA) is 66.8 Å². The molecule has 122 valence electrons. The van der Waals surface area contributed by atoms with E-state index in [4.69, 9.17) is 9.84 Å². The number of aliphatic carboxylic acids is 1. The summed E-state index contributed by atoms with van der Waals surface area (Å²) in [6.45, 7) is 1.04. The molecule has 3 rings (SSSR count). The van der Waals surface area contributed by atoms with E-state index in [1.165, 1.54) is 0 Å². The van der Waals surface area contributed by atoms with Gasteiger partial charge in [0.05, 0.1) is 13.1 Å². The van der Waals surface area contributed by atoms with Gasteiger partial charge in [0.25, 0.3) is 5.91 Å². The number of amides is 1. The van der Waals surface area contributed by atoms with Crippen LogP contribution in [0.1, 0.15) is 22.6 Å². The minimum Gasteiger partial charge on any atom is -0.479 e. The molecule has 5 nitrogen and oxygen atoms in total. The van der Waals surface area contributed by atoms with Crippen molar-refractivity contribution in [1.29, 1.82) is 0 Å². The quantitative estimate of drug-likeness (QED) is 0.869. The highest BCUT2D eigenvalue weighted by atomic mass is 32.1. The van der Waals surface area contributed by atoms with Gasteiger partial charge in [0.2, 0.25) is 0 Å². The summed E-state index contributed by atoms with van der Waals surface area (Å²) >= 11 is 3.21. The highest BCUT2D eigenvalue weighted by Crippen LogP contribution is 2.24. The Labute approximate surface area is 142 Å². The Kier molecular flexibility index (Phi) is 5.09. The molecule has 1 fully saturated rings. The average molecular weight is 351 g/mol. The third-order valence-corrected chi connectivity index (χ3v) is 5.46. The van der Waals surface area contributed by atoms with Crippen LogP contribution < -0.4 is 0 Å². The van der Waals surface area contributed by atoms with Crippen molar-refractivity contribution in [3.05, 3.63) is 44.8 Å².